The Hall–Kier alpha value is -1.48. The molecule has 2 N–H and O–H groups in total. The lowest BCUT2D eigenvalue weighted by atomic mass is 10.0. The van der Waals surface area contributed by atoms with Gasteiger partial charge >= 0.3 is 0 Å². The Labute approximate surface area is 109 Å². The zero-order chi connectivity index (χ0) is 13.1. The van der Waals surface area contributed by atoms with Crippen molar-refractivity contribution in [3.05, 3.63) is 29.0 Å². The summed E-state index contributed by atoms with van der Waals surface area (Å²) in [6, 6.07) is 4.33. The normalized spacial score (nSPS) is 11.1. The van der Waals surface area contributed by atoms with E-state index in [1.807, 2.05) is 7.05 Å². The molecule has 2 rings (SSSR count). The maximum atomic E-state index is 5.46. The van der Waals surface area contributed by atoms with Gasteiger partial charge < -0.3 is 15.0 Å². The summed E-state index contributed by atoms with van der Waals surface area (Å²) in [6.07, 6.45) is 2.25. The third-order valence-corrected chi connectivity index (χ3v) is 3.41. The van der Waals surface area contributed by atoms with Crippen LogP contribution in [0.15, 0.2) is 12.1 Å². The molecule has 0 aliphatic carbocycles. The fraction of sp³-hybridized carbons (Fsp3) is 0.467. The van der Waals surface area contributed by atoms with Crippen LogP contribution >= 0.6 is 0 Å². The number of aromatic nitrogens is 1. The van der Waals surface area contributed by atoms with Crippen LogP contribution in [0.25, 0.3) is 10.9 Å². The van der Waals surface area contributed by atoms with Crippen LogP contribution in [0.2, 0.25) is 0 Å². The van der Waals surface area contributed by atoms with Crippen molar-refractivity contribution in [2.45, 2.75) is 26.7 Å². The smallest absolute Gasteiger partial charge is 0.143 e. The highest BCUT2D eigenvalue weighted by Gasteiger charge is 2.12. The molecule has 18 heavy (non-hydrogen) atoms. The summed E-state index contributed by atoms with van der Waals surface area (Å²) < 4.78 is 5.46. The van der Waals surface area contributed by atoms with Gasteiger partial charge in [0.2, 0.25) is 0 Å². The second-order valence-corrected chi connectivity index (χ2v) is 4.83. The van der Waals surface area contributed by atoms with Crippen LogP contribution in [0.1, 0.15) is 23.2 Å². The van der Waals surface area contributed by atoms with Gasteiger partial charge in [-0.15, -0.1) is 0 Å². The Kier molecular flexibility index (Phi) is 3.92. The van der Waals surface area contributed by atoms with Gasteiger partial charge in [-0.25, -0.2) is 0 Å². The van der Waals surface area contributed by atoms with Crippen LogP contribution in [-0.4, -0.2) is 25.7 Å². The molecule has 1 aromatic heterocycles. The SMILES string of the molecule is CNCCCc1c(C)[nH]c2c(OC)cc(C)cc12. The molecule has 0 unspecified atom stereocenters. The van der Waals surface area contributed by atoms with Crippen LogP contribution in [0, 0.1) is 13.8 Å². The zero-order valence-electron chi connectivity index (χ0n) is 11.7. The number of aryl methyl sites for hydroxylation is 3. The molecule has 3 heteroatoms. The highest BCUT2D eigenvalue weighted by molar-refractivity contribution is 5.90. The van der Waals surface area contributed by atoms with E-state index in [2.05, 4.69) is 36.3 Å². The summed E-state index contributed by atoms with van der Waals surface area (Å²) in [6.45, 7) is 5.31. The number of rotatable bonds is 5. The summed E-state index contributed by atoms with van der Waals surface area (Å²) >= 11 is 0. The molecule has 3 nitrogen and oxygen atoms in total. The topological polar surface area (TPSA) is 37.0 Å². The van der Waals surface area contributed by atoms with Gasteiger partial charge in [-0.3, -0.25) is 0 Å². The zero-order valence-corrected chi connectivity index (χ0v) is 11.7. The molecule has 2 aromatic rings. The van der Waals surface area contributed by atoms with Gasteiger partial charge in [0, 0.05) is 11.1 Å². The van der Waals surface area contributed by atoms with Gasteiger partial charge in [0.05, 0.1) is 12.6 Å². The number of nitrogens with one attached hydrogen (secondary N) is 2. The lowest BCUT2D eigenvalue weighted by molar-refractivity contribution is 0.418. The van der Waals surface area contributed by atoms with Crippen LogP contribution < -0.4 is 10.1 Å². The molecule has 98 valence electrons. The van der Waals surface area contributed by atoms with E-state index >= 15 is 0 Å². The Morgan fingerprint density at radius 2 is 2.06 bits per heavy atom. The van der Waals surface area contributed by atoms with Gasteiger partial charge in [-0.2, -0.15) is 0 Å². The first-order valence-corrected chi connectivity index (χ1v) is 6.47. The van der Waals surface area contributed by atoms with Crippen molar-refractivity contribution in [2.75, 3.05) is 20.7 Å². The Balaban J connectivity index is 2.46. The summed E-state index contributed by atoms with van der Waals surface area (Å²) in [5.74, 6) is 0.938. The minimum Gasteiger partial charge on any atom is -0.495 e. The fourth-order valence-electron chi connectivity index (χ4n) is 2.51. The minimum atomic E-state index is 0.938. The molecule has 0 aliphatic rings. The van der Waals surface area contributed by atoms with Crippen LogP contribution in [-0.2, 0) is 6.42 Å². The highest BCUT2D eigenvalue weighted by atomic mass is 16.5. The summed E-state index contributed by atoms with van der Waals surface area (Å²) in [7, 11) is 3.72. The molecular weight excluding hydrogens is 224 g/mol. The fourth-order valence-corrected chi connectivity index (χ4v) is 2.51. The van der Waals surface area contributed by atoms with Crippen molar-refractivity contribution in [3.8, 4) is 5.75 Å². The van der Waals surface area contributed by atoms with E-state index in [-0.39, 0.29) is 0 Å². The first kappa shape index (κ1) is 13.0. The van der Waals surface area contributed by atoms with E-state index in [0.29, 0.717) is 0 Å². The number of methoxy groups -OCH3 is 1. The molecule has 1 heterocycles. The van der Waals surface area contributed by atoms with E-state index in [1.54, 1.807) is 7.11 Å². The number of ether oxygens (including phenoxy) is 1. The lowest BCUT2D eigenvalue weighted by Gasteiger charge is -2.05. The van der Waals surface area contributed by atoms with Gasteiger partial charge in [0.25, 0.3) is 0 Å². The number of aromatic amines is 1. The van der Waals surface area contributed by atoms with Gasteiger partial charge in [0.15, 0.2) is 0 Å². The molecular formula is C15H22N2O. The largest absolute Gasteiger partial charge is 0.495 e. The standard InChI is InChI=1S/C15H22N2O/c1-10-8-13-12(6-5-7-16-3)11(2)17-15(13)14(9-10)18-4/h8-9,16-17H,5-7H2,1-4H3. The average molecular weight is 246 g/mol. The van der Waals surface area contributed by atoms with E-state index in [1.165, 1.54) is 22.2 Å². The van der Waals surface area contributed by atoms with Crippen molar-refractivity contribution in [2.24, 2.45) is 0 Å². The number of benzene rings is 1. The lowest BCUT2D eigenvalue weighted by Crippen LogP contribution is -2.08. The van der Waals surface area contributed by atoms with Crippen LogP contribution in [0.5, 0.6) is 5.75 Å². The highest BCUT2D eigenvalue weighted by Crippen LogP contribution is 2.31. The Morgan fingerprint density at radius 3 is 2.72 bits per heavy atom. The minimum absolute atomic E-state index is 0.938. The van der Waals surface area contributed by atoms with E-state index in [0.717, 1.165) is 30.7 Å². The molecule has 0 amide bonds. The molecule has 0 radical (unpaired) electrons. The van der Waals surface area contributed by atoms with Crippen molar-refractivity contribution in [1.29, 1.82) is 0 Å². The average Bonchev–Trinajstić information content (AvgIpc) is 2.66. The molecule has 0 spiro atoms. The number of hydrogen-bond acceptors (Lipinski definition) is 2. The quantitative estimate of drug-likeness (QED) is 0.796. The molecule has 0 bridgehead atoms. The first-order valence-electron chi connectivity index (χ1n) is 6.47. The molecule has 1 aromatic carbocycles. The van der Waals surface area contributed by atoms with Crippen LogP contribution in [0.3, 0.4) is 0 Å². The molecule has 0 saturated heterocycles. The Bertz CT molecular complexity index is 543. The maximum absolute atomic E-state index is 5.46. The maximum Gasteiger partial charge on any atom is 0.143 e. The molecule has 0 saturated carbocycles. The van der Waals surface area contributed by atoms with Crippen molar-refractivity contribution < 1.29 is 4.74 Å². The predicted molar refractivity (Wildman–Crippen MR) is 76.6 cm³/mol. The monoisotopic (exact) mass is 246 g/mol. The number of fused-ring (bicyclic) bond motifs is 1. The predicted octanol–water partition coefficient (Wildman–Crippen LogP) is 2.95. The number of hydrogen-bond donors (Lipinski definition) is 2. The molecule has 0 aliphatic heterocycles. The number of H-pyrrole nitrogens is 1. The van der Waals surface area contributed by atoms with Crippen molar-refractivity contribution >= 4 is 10.9 Å². The summed E-state index contributed by atoms with van der Waals surface area (Å²) in [5.41, 5.74) is 5.04. The van der Waals surface area contributed by atoms with Crippen molar-refractivity contribution in [1.82, 2.24) is 10.3 Å². The summed E-state index contributed by atoms with van der Waals surface area (Å²) in [4.78, 5) is 3.46. The Morgan fingerprint density at radius 1 is 1.28 bits per heavy atom. The van der Waals surface area contributed by atoms with E-state index in [4.69, 9.17) is 4.74 Å². The van der Waals surface area contributed by atoms with Crippen molar-refractivity contribution in [3.63, 3.8) is 0 Å². The van der Waals surface area contributed by atoms with Gasteiger partial charge in [0.1, 0.15) is 5.75 Å². The van der Waals surface area contributed by atoms with Crippen LogP contribution in [0.4, 0.5) is 0 Å². The van der Waals surface area contributed by atoms with Gasteiger partial charge in [-0.05, 0) is 63.5 Å². The van der Waals surface area contributed by atoms with Gasteiger partial charge in [-0.1, -0.05) is 0 Å². The second-order valence-electron chi connectivity index (χ2n) is 4.83. The molecule has 0 atom stereocenters. The molecule has 0 fully saturated rings. The van der Waals surface area contributed by atoms with E-state index in [9.17, 15) is 0 Å². The van der Waals surface area contributed by atoms with E-state index < -0.39 is 0 Å². The summed E-state index contributed by atoms with van der Waals surface area (Å²) in [5, 5.41) is 4.50. The third-order valence-electron chi connectivity index (χ3n) is 3.41. The third kappa shape index (κ3) is 2.36. The second kappa shape index (κ2) is 5.44. The first-order chi connectivity index (χ1) is 8.67.